The number of likely N-dealkylation sites (tertiary alicyclic amines) is 1. The van der Waals surface area contributed by atoms with Crippen molar-refractivity contribution in [2.24, 2.45) is 0 Å². The van der Waals surface area contributed by atoms with Gasteiger partial charge in [0.1, 0.15) is 10.7 Å². The molecule has 0 bridgehead atoms. The van der Waals surface area contributed by atoms with Crippen LogP contribution in [-0.4, -0.2) is 49.4 Å². The van der Waals surface area contributed by atoms with E-state index in [0.29, 0.717) is 36.7 Å². The summed E-state index contributed by atoms with van der Waals surface area (Å²) < 4.78 is 0. The molecule has 0 saturated carbocycles. The number of hydrogen-bond acceptors (Lipinski definition) is 8. The number of aryl methyl sites for hydroxylation is 1. The minimum Gasteiger partial charge on any atom is -0.375 e. The lowest BCUT2D eigenvalue weighted by atomic mass is 9.91. The monoisotopic (exact) mass is 472 g/mol. The summed E-state index contributed by atoms with van der Waals surface area (Å²) >= 11 is 1.49. The Hall–Kier alpha value is -3.69. The smallest absolute Gasteiger partial charge is 0.258 e. The van der Waals surface area contributed by atoms with Crippen molar-refractivity contribution in [2.45, 2.75) is 25.5 Å². The number of carbonyl (C=O) groups excluding carboxylic acids is 1. The van der Waals surface area contributed by atoms with E-state index in [1.165, 1.54) is 11.3 Å². The molecule has 1 amide bonds. The van der Waals surface area contributed by atoms with Gasteiger partial charge in [0.15, 0.2) is 5.60 Å². The zero-order valence-electron chi connectivity index (χ0n) is 18.9. The Morgan fingerprint density at radius 2 is 2.00 bits per heavy atom. The molecule has 0 aliphatic carbocycles. The van der Waals surface area contributed by atoms with Crippen LogP contribution in [0.1, 0.15) is 23.2 Å². The van der Waals surface area contributed by atoms with Crippen LogP contribution in [0, 0.1) is 6.92 Å². The second-order valence-electron chi connectivity index (χ2n) is 8.32. The van der Waals surface area contributed by atoms with Crippen LogP contribution in [0.3, 0.4) is 0 Å². The zero-order valence-corrected chi connectivity index (χ0v) is 19.7. The van der Waals surface area contributed by atoms with Gasteiger partial charge in [-0.25, -0.2) is 15.0 Å². The Kier molecular flexibility index (Phi) is 5.80. The Balaban J connectivity index is 1.36. The molecule has 34 heavy (non-hydrogen) atoms. The van der Waals surface area contributed by atoms with E-state index in [1.54, 1.807) is 30.4 Å². The van der Waals surface area contributed by atoms with E-state index in [0.717, 1.165) is 27.5 Å². The first-order valence-electron chi connectivity index (χ1n) is 11.0. The van der Waals surface area contributed by atoms with Crippen molar-refractivity contribution in [1.82, 2.24) is 24.8 Å². The molecule has 3 aromatic heterocycles. The molecule has 1 aliphatic heterocycles. The van der Waals surface area contributed by atoms with Crippen molar-refractivity contribution >= 4 is 23.2 Å². The summed E-state index contributed by atoms with van der Waals surface area (Å²) in [4.78, 5) is 32.1. The third-order valence-electron chi connectivity index (χ3n) is 6.07. The van der Waals surface area contributed by atoms with Gasteiger partial charge in [-0.1, -0.05) is 24.3 Å². The molecule has 1 atom stereocenters. The van der Waals surface area contributed by atoms with Crippen LogP contribution in [0.15, 0.2) is 60.2 Å². The molecular weight excluding hydrogens is 448 g/mol. The van der Waals surface area contributed by atoms with Crippen molar-refractivity contribution in [3.8, 4) is 22.0 Å². The van der Waals surface area contributed by atoms with Gasteiger partial charge in [0, 0.05) is 55.6 Å². The first-order valence-corrected chi connectivity index (χ1v) is 11.8. The first-order chi connectivity index (χ1) is 16.4. The molecule has 1 fully saturated rings. The molecule has 1 unspecified atom stereocenters. The van der Waals surface area contributed by atoms with Gasteiger partial charge in [0.25, 0.3) is 5.91 Å². The normalized spacial score (nSPS) is 17.9. The zero-order chi connectivity index (χ0) is 23.7. The SMILES string of the molecule is Cc1ncccc1CNc1nccc(-c2csc(-c3cccc(C4(O)CCN(C)C4=O)c3)n2)n1. The number of nitrogens with zero attached hydrogens (tertiary/aromatic N) is 5. The minimum atomic E-state index is -1.48. The third-order valence-corrected chi connectivity index (χ3v) is 6.96. The summed E-state index contributed by atoms with van der Waals surface area (Å²) in [6.07, 6.45) is 3.86. The second kappa shape index (κ2) is 8.92. The van der Waals surface area contributed by atoms with Crippen LogP contribution in [0.2, 0.25) is 0 Å². The maximum Gasteiger partial charge on any atom is 0.258 e. The van der Waals surface area contributed by atoms with Gasteiger partial charge in [-0.05, 0) is 36.2 Å². The molecule has 0 radical (unpaired) electrons. The molecule has 2 N–H and O–H groups in total. The van der Waals surface area contributed by atoms with Crippen LogP contribution < -0.4 is 5.32 Å². The Bertz CT molecular complexity index is 1360. The average molecular weight is 473 g/mol. The Morgan fingerprint density at radius 1 is 1.12 bits per heavy atom. The van der Waals surface area contributed by atoms with E-state index in [-0.39, 0.29) is 5.91 Å². The number of pyridine rings is 1. The fourth-order valence-corrected chi connectivity index (χ4v) is 4.83. The lowest BCUT2D eigenvalue weighted by Crippen LogP contribution is -2.36. The number of aliphatic hydroxyl groups is 1. The van der Waals surface area contributed by atoms with Gasteiger partial charge in [-0.3, -0.25) is 9.78 Å². The van der Waals surface area contributed by atoms with Crippen molar-refractivity contribution < 1.29 is 9.90 Å². The van der Waals surface area contributed by atoms with Crippen molar-refractivity contribution in [3.05, 3.63) is 77.1 Å². The Labute approximate surface area is 201 Å². The lowest BCUT2D eigenvalue weighted by Gasteiger charge is -2.21. The highest BCUT2D eigenvalue weighted by Crippen LogP contribution is 2.36. The van der Waals surface area contributed by atoms with Crippen LogP contribution in [-0.2, 0) is 16.9 Å². The van der Waals surface area contributed by atoms with Gasteiger partial charge in [0.05, 0.1) is 5.69 Å². The highest BCUT2D eigenvalue weighted by atomic mass is 32.1. The minimum absolute atomic E-state index is 0.271. The quantitative estimate of drug-likeness (QED) is 0.442. The number of amides is 1. The number of anilines is 1. The maximum absolute atomic E-state index is 12.5. The van der Waals surface area contributed by atoms with Crippen molar-refractivity contribution in [1.29, 1.82) is 0 Å². The summed E-state index contributed by atoms with van der Waals surface area (Å²) in [7, 11) is 1.71. The standard InChI is InChI=1S/C25H24N6O2S/c1-16-18(6-4-10-26-16)14-28-24-27-11-8-20(30-24)21-15-34-22(29-21)17-5-3-7-19(13-17)25(33)9-12-31(2)23(25)32/h3-8,10-11,13,15,33H,9,12,14H2,1-2H3,(H,27,28,30). The summed E-state index contributed by atoms with van der Waals surface area (Å²) in [5.74, 6) is 0.246. The highest BCUT2D eigenvalue weighted by molar-refractivity contribution is 7.13. The summed E-state index contributed by atoms with van der Waals surface area (Å²) in [5.41, 5.74) is 3.47. The van der Waals surface area contributed by atoms with Gasteiger partial charge in [-0.15, -0.1) is 11.3 Å². The topological polar surface area (TPSA) is 104 Å². The van der Waals surface area contributed by atoms with Crippen LogP contribution in [0.5, 0.6) is 0 Å². The van der Waals surface area contributed by atoms with Crippen molar-refractivity contribution in [3.63, 3.8) is 0 Å². The summed E-state index contributed by atoms with van der Waals surface area (Å²) in [6, 6.07) is 13.2. The molecule has 9 heteroatoms. The predicted octanol–water partition coefficient (Wildman–Crippen LogP) is 3.63. The molecule has 4 heterocycles. The van der Waals surface area contributed by atoms with E-state index in [2.05, 4.69) is 20.3 Å². The molecule has 5 rings (SSSR count). The van der Waals surface area contributed by atoms with Crippen LogP contribution >= 0.6 is 11.3 Å². The molecular formula is C25H24N6O2S. The highest BCUT2D eigenvalue weighted by Gasteiger charge is 2.45. The number of thiazole rings is 1. The molecule has 4 aromatic rings. The van der Waals surface area contributed by atoms with Gasteiger partial charge < -0.3 is 15.3 Å². The maximum atomic E-state index is 12.5. The molecule has 8 nitrogen and oxygen atoms in total. The van der Waals surface area contributed by atoms with Crippen LogP contribution in [0.25, 0.3) is 22.0 Å². The molecule has 1 aromatic carbocycles. The second-order valence-corrected chi connectivity index (χ2v) is 9.18. The van der Waals surface area contributed by atoms with Crippen molar-refractivity contribution in [2.75, 3.05) is 18.9 Å². The molecule has 1 saturated heterocycles. The number of carbonyl (C=O) groups is 1. The van der Waals surface area contributed by atoms with Gasteiger partial charge >= 0.3 is 0 Å². The van der Waals surface area contributed by atoms with Crippen LogP contribution in [0.4, 0.5) is 5.95 Å². The molecule has 0 spiro atoms. The van der Waals surface area contributed by atoms with E-state index in [4.69, 9.17) is 4.98 Å². The third kappa shape index (κ3) is 4.15. The number of likely N-dealkylation sites (N-methyl/N-ethyl adjacent to an activating group) is 1. The number of aromatic nitrogens is 4. The molecule has 172 valence electrons. The van der Waals surface area contributed by atoms with E-state index in [1.807, 2.05) is 48.7 Å². The lowest BCUT2D eigenvalue weighted by molar-refractivity contribution is -0.143. The average Bonchev–Trinajstić information content (AvgIpc) is 3.46. The number of hydrogen-bond donors (Lipinski definition) is 2. The predicted molar refractivity (Wildman–Crippen MR) is 131 cm³/mol. The van der Waals surface area contributed by atoms with Gasteiger partial charge in [-0.2, -0.15) is 0 Å². The number of benzene rings is 1. The largest absolute Gasteiger partial charge is 0.375 e. The van der Waals surface area contributed by atoms with E-state index < -0.39 is 5.60 Å². The molecule has 1 aliphatic rings. The van der Waals surface area contributed by atoms with Gasteiger partial charge in [0.2, 0.25) is 5.95 Å². The fourth-order valence-electron chi connectivity index (χ4n) is 4.02. The van der Waals surface area contributed by atoms with E-state index >= 15 is 0 Å². The van der Waals surface area contributed by atoms with E-state index in [9.17, 15) is 9.90 Å². The first kappa shape index (κ1) is 22.1. The summed E-state index contributed by atoms with van der Waals surface area (Å²) in [5, 5.41) is 17.0. The summed E-state index contributed by atoms with van der Waals surface area (Å²) in [6.45, 7) is 3.08. The number of rotatable bonds is 6. The fraction of sp³-hybridized carbons (Fsp3) is 0.240. The Morgan fingerprint density at radius 3 is 2.79 bits per heavy atom. The number of nitrogens with one attached hydrogen (secondary N) is 1.